The van der Waals surface area contributed by atoms with Crippen molar-refractivity contribution >= 4 is 5.97 Å². The molecule has 1 aromatic rings. The van der Waals surface area contributed by atoms with E-state index in [2.05, 4.69) is 24.4 Å². The van der Waals surface area contributed by atoms with Gasteiger partial charge in [-0.05, 0) is 25.8 Å². The van der Waals surface area contributed by atoms with Crippen LogP contribution in [0.5, 0.6) is 0 Å². The lowest BCUT2D eigenvalue weighted by Crippen LogP contribution is -2.39. The van der Waals surface area contributed by atoms with Crippen LogP contribution in [-0.4, -0.2) is 31.6 Å². The Bertz CT molecular complexity index is 605. The molecule has 0 amide bonds. The van der Waals surface area contributed by atoms with Crippen LogP contribution in [0.4, 0.5) is 0 Å². The fourth-order valence-corrected chi connectivity index (χ4v) is 3.34. The molecule has 5 nitrogen and oxygen atoms in total. The molecule has 5 heteroatoms. The smallest absolute Gasteiger partial charge is 0.335 e. The highest BCUT2D eigenvalue weighted by atomic mass is 16.7. The van der Waals surface area contributed by atoms with E-state index >= 15 is 0 Å². The zero-order valence-electron chi connectivity index (χ0n) is 14.3. The predicted molar refractivity (Wildman–Crippen MR) is 90.1 cm³/mol. The minimum absolute atomic E-state index is 0.0854. The van der Waals surface area contributed by atoms with Gasteiger partial charge < -0.3 is 19.5 Å². The maximum atomic E-state index is 12.3. The van der Waals surface area contributed by atoms with Gasteiger partial charge in [0.2, 0.25) is 0 Å². The molecular formula is C19H25NO4. The Morgan fingerprint density at radius 2 is 2.00 bits per heavy atom. The van der Waals surface area contributed by atoms with Crippen LogP contribution in [0.2, 0.25) is 0 Å². The zero-order valence-corrected chi connectivity index (χ0v) is 14.3. The highest BCUT2D eigenvalue weighted by Crippen LogP contribution is 2.39. The maximum absolute atomic E-state index is 12.3. The molecule has 0 radical (unpaired) electrons. The molecule has 0 bridgehead atoms. The van der Waals surface area contributed by atoms with Gasteiger partial charge >= 0.3 is 5.97 Å². The average molecular weight is 331 g/mol. The molecule has 0 unspecified atom stereocenters. The molecule has 130 valence electrons. The van der Waals surface area contributed by atoms with E-state index in [1.165, 1.54) is 5.56 Å². The third-order valence-electron chi connectivity index (χ3n) is 4.59. The van der Waals surface area contributed by atoms with E-state index in [-0.39, 0.29) is 12.0 Å². The minimum Gasteiger partial charge on any atom is -0.463 e. The monoisotopic (exact) mass is 331 g/mol. The molecular weight excluding hydrogens is 306 g/mol. The Kier molecular flexibility index (Phi) is 5.21. The Balaban J connectivity index is 1.83. The third kappa shape index (κ3) is 3.62. The summed E-state index contributed by atoms with van der Waals surface area (Å²) in [7, 11) is 0. The first-order valence-electron chi connectivity index (χ1n) is 8.62. The second-order valence-corrected chi connectivity index (χ2v) is 6.24. The first kappa shape index (κ1) is 17.0. The van der Waals surface area contributed by atoms with Crippen LogP contribution in [0, 0.1) is 0 Å². The fourth-order valence-electron chi connectivity index (χ4n) is 3.34. The van der Waals surface area contributed by atoms with Crippen LogP contribution < -0.4 is 5.32 Å². The average Bonchev–Trinajstić information content (AvgIpc) is 3.04. The van der Waals surface area contributed by atoms with Crippen LogP contribution >= 0.6 is 0 Å². The van der Waals surface area contributed by atoms with Gasteiger partial charge in [0.25, 0.3) is 0 Å². The lowest BCUT2D eigenvalue weighted by atomic mass is 9.90. The highest BCUT2D eigenvalue weighted by molar-refractivity contribution is 5.89. The molecule has 1 N–H and O–H groups in total. The van der Waals surface area contributed by atoms with Gasteiger partial charge in [-0.3, -0.25) is 0 Å². The van der Waals surface area contributed by atoms with Crippen LogP contribution in [-0.2, 0) is 19.0 Å². The van der Waals surface area contributed by atoms with E-state index in [0.717, 1.165) is 5.70 Å². The molecule has 1 aliphatic carbocycles. The Morgan fingerprint density at radius 1 is 1.29 bits per heavy atom. The van der Waals surface area contributed by atoms with Crippen molar-refractivity contribution in [3.8, 4) is 0 Å². The van der Waals surface area contributed by atoms with Crippen molar-refractivity contribution in [3.05, 3.63) is 47.2 Å². The molecule has 1 heterocycles. The highest BCUT2D eigenvalue weighted by Gasteiger charge is 2.42. The van der Waals surface area contributed by atoms with Crippen molar-refractivity contribution in [2.45, 2.75) is 44.9 Å². The Hall–Kier alpha value is -1.85. The first-order valence-corrected chi connectivity index (χ1v) is 8.62. The Labute approximate surface area is 143 Å². The summed E-state index contributed by atoms with van der Waals surface area (Å²) in [5.74, 6) is -0.831. The van der Waals surface area contributed by atoms with Crippen LogP contribution in [0.1, 0.15) is 44.7 Å². The summed E-state index contributed by atoms with van der Waals surface area (Å²) < 4.78 is 16.9. The topological polar surface area (TPSA) is 56.8 Å². The molecule has 24 heavy (non-hydrogen) atoms. The maximum Gasteiger partial charge on any atom is 0.335 e. The number of hydrogen-bond donors (Lipinski definition) is 1. The number of esters is 1. The number of carbonyl (C=O) groups is 1. The summed E-state index contributed by atoms with van der Waals surface area (Å²) in [5, 5.41) is 3.49. The molecule has 1 spiro atoms. The molecule has 1 saturated heterocycles. The molecule has 1 atom stereocenters. The molecule has 0 aromatic heterocycles. The van der Waals surface area contributed by atoms with Gasteiger partial charge in [-0.15, -0.1) is 0 Å². The number of carbonyl (C=O) groups excluding carboxylic acids is 1. The minimum atomic E-state index is -0.589. The van der Waals surface area contributed by atoms with E-state index in [0.29, 0.717) is 44.7 Å². The Morgan fingerprint density at radius 3 is 2.67 bits per heavy atom. The van der Waals surface area contributed by atoms with Crippen molar-refractivity contribution in [2.24, 2.45) is 0 Å². The molecule has 1 fully saturated rings. The molecule has 2 aliphatic rings. The first-order chi connectivity index (χ1) is 11.6. The van der Waals surface area contributed by atoms with E-state index in [1.54, 1.807) is 0 Å². The SMILES string of the molecule is CCOC(=O)C1=C(N[C@H](C)c2ccccc2)CC2(CC1)OCCO2. The third-order valence-corrected chi connectivity index (χ3v) is 4.59. The van der Waals surface area contributed by atoms with Crippen molar-refractivity contribution in [1.29, 1.82) is 0 Å². The van der Waals surface area contributed by atoms with Crippen molar-refractivity contribution < 1.29 is 19.0 Å². The number of benzene rings is 1. The summed E-state index contributed by atoms with van der Waals surface area (Å²) in [5.41, 5.74) is 2.75. The van der Waals surface area contributed by atoms with Crippen molar-refractivity contribution in [2.75, 3.05) is 19.8 Å². The zero-order chi connectivity index (χ0) is 17.0. The van der Waals surface area contributed by atoms with Gasteiger partial charge in [-0.25, -0.2) is 4.79 Å². The van der Waals surface area contributed by atoms with Gasteiger partial charge in [0.1, 0.15) is 0 Å². The molecule has 0 saturated carbocycles. The number of ether oxygens (including phenoxy) is 3. The van der Waals surface area contributed by atoms with E-state index in [1.807, 2.05) is 25.1 Å². The van der Waals surface area contributed by atoms with Gasteiger partial charge in [0.15, 0.2) is 5.79 Å². The van der Waals surface area contributed by atoms with E-state index < -0.39 is 5.79 Å². The largest absolute Gasteiger partial charge is 0.463 e. The molecule has 1 aromatic carbocycles. The quantitative estimate of drug-likeness (QED) is 0.840. The summed E-state index contributed by atoms with van der Waals surface area (Å²) >= 11 is 0. The molecule has 3 rings (SSSR count). The second-order valence-electron chi connectivity index (χ2n) is 6.24. The van der Waals surface area contributed by atoms with E-state index in [9.17, 15) is 4.79 Å². The second kappa shape index (κ2) is 7.36. The van der Waals surface area contributed by atoms with Crippen LogP contribution in [0.15, 0.2) is 41.6 Å². The fraction of sp³-hybridized carbons (Fsp3) is 0.526. The normalized spacial score (nSPS) is 20.9. The van der Waals surface area contributed by atoms with E-state index in [4.69, 9.17) is 14.2 Å². The number of nitrogens with one attached hydrogen (secondary N) is 1. The summed E-state index contributed by atoms with van der Waals surface area (Å²) in [4.78, 5) is 12.3. The number of hydrogen-bond acceptors (Lipinski definition) is 5. The molecule has 1 aliphatic heterocycles. The van der Waals surface area contributed by atoms with Gasteiger partial charge in [0, 0.05) is 24.6 Å². The summed E-state index contributed by atoms with van der Waals surface area (Å²) in [6, 6.07) is 10.3. The summed E-state index contributed by atoms with van der Waals surface area (Å²) in [6.45, 7) is 5.50. The number of rotatable bonds is 5. The lowest BCUT2D eigenvalue weighted by Gasteiger charge is -2.35. The van der Waals surface area contributed by atoms with Gasteiger partial charge in [0.05, 0.1) is 25.4 Å². The summed E-state index contributed by atoms with van der Waals surface area (Å²) in [6.07, 6.45) is 1.84. The van der Waals surface area contributed by atoms with Crippen LogP contribution in [0.25, 0.3) is 0 Å². The standard InChI is InChI=1S/C19H25NO4/c1-3-22-18(21)16-9-10-19(23-11-12-24-19)13-17(16)20-14(2)15-7-5-4-6-8-15/h4-8,14,20H,3,9-13H2,1-2H3/t14-/m1/s1. The van der Waals surface area contributed by atoms with Gasteiger partial charge in [-0.2, -0.15) is 0 Å². The van der Waals surface area contributed by atoms with Crippen molar-refractivity contribution in [1.82, 2.24) is 5.32 Å². The van der Waals surface area contributed by atoms with Crippen LogP contribution in [0.3, 0.4) is 0 Å². The predicted octanol–water partition coefficient (Wildman–Crippen LogP) is 3.08. The lowest BCUT2D eigenvalue weighted by molar-refractivity contribution is -0.166. The van der Waals surface area contributed by atoms with Crippen molar-refractivity contribution in [3.63, 3.8) is 0 Å². The van der Waals surface area contributed by atoms with Gasteiger partial charge in [-0.1, -0.05) is 30.3 Å².